The predicted octanol–water partition coefficient (Wildman–Crippen LogP) is 4.37. The number of phenolic OH excluding ortho intramolecular Hbond substituents is 2. The normalized spacial score (nSPS) is 17.9. The van der Waals surface area contributed by atoms with Gasteiger partial charge in [0.25, 0.3) is 0 Å². The topological polar surface area (TPSA) is 102 Å². The highest BCUT2D eigenvalue weighted by molar-refractivity contribution is 5.97. The summed E-state index contributed by atoms with van der Waals surface area (Å²) in [7, 11) is 0. The van der Waals surface area contributed by atoms with Gasteiger partial charge in [-0.1, -0.05) is 25.1 Å². The van der Waals surface area contributed by atoms with Crippen LogP contribution in [-0.2, 0) is 15.1 Å². The quantitative estimate of drug-likeness (QED) is 0.481. The Morgan fingerprint density at radius 3 is 2.58 bits per heavy atom. The van der Waals surface area contributed by atoms with Gasteiger partial charge in [-0.2, -0.15) is 0 Å². The van der Waals surface area contributed by atoms with Crippen molar-refractivity contribution in [1.82, 2.24) is 0 Å². The van der Waals surface area contributed by atoms with E-state index in [1.54, 1.807) is 30.3 Å². The average Bonchev–Trinajstić information content (AvgIpc) is 3.00. The number of fused-ring (bicyclic) bond motifs is 6. The second-order valence-corrected chi connectivity index (χ2v) is 7.44. The van der Waals surface area contributed by atoms with Gasteiger partial charge in [0.05, 0.1) is 11.1 Å². The molecule has 2 aliphatic rings. The molecule has 0 aliphatic carbocycles. The first kappa shape index (κ1) is 19.0. The molecule has 156 valence electrons. The van der Waals surface area contributed by atoms with Gasteiger partial charge in [-0.3, -0.25) is 4.79 Å². The third-order valence-corrected chi connectivity index (χ3v) is 5.42. The Kier molecular flexibility index (Phi) is 4.15. The molecular formula is C24H18O7. The van der Waals surface area contributed by atoms with Crippen LogP contribution < -0.4 is 9.47 Å². The van der Waals surface area contributed by atoms with E-state index in [1.807, 2.05) is 6.92 Å². The number of ether oxygens (including phenoxy) is 3. The van der Waals surface area contributed by atoms with E-state index in [9.17, 15) is 19.8 Å². The second-order valence-electron chi connectivity index (χ2n) is 7.44. The first-order chi connectivity index (χ1) is 14.9. The third-order valence-electron chi connectivity index (χ3n) is 5.42. The Bertz CT molecular complexity index is 1250. The Balaban J connectivity index is 1.84. The molecule has 0 bridgehead atoms. The number of carbonyl (C=O) groups excluding carboxylic acids is 2. The van der Waals surface area contributed by atoms with Crippen molar-refractivity contribution in [2.75, 3.05) is 0 Å². The molecule has 5 rings (SSSR count). The first-order valence-electron chi connectivity index (χ1n) is 9.86. The van der Waals surface area contributed by atoms with Crippen LogP contribution >= 0.6 is 0 Å². The van der Waals surface area contributed by atoms with Gasteiger partial charge in [0.2, 0.25) is 0 Å². The van der Waals surface area contributed by atoms with E-state index in [0.717, 1.165) is 0 Å². The Morgan fingerprint density at radius 1 is 1.00 bits per heavy atom. The molecule has 7 heteroatoms. The number of phenols is 2. The Morgan fingerprint density at radius 2 is 1.77 bits per heavy atom. The van der Waals surface area contributed by atoms with Gasteiger partial charge >= 0.3 is 11.9 Å². The van der Waals surface area contributed by atoms with E-state index in [-0.39, 0.29) is 35.2 Å². The van der Waals surface area contributed by atoms with E-state index >= 15 is 0 Å². The van der Waals surface area contributed by atoms with Gasteiger partial charge in [0.1, 0.15) is 28.7 Å². The molecule has 3 aromatic rings. The number of esters is 2. The van der Waals surface area contributed by atoms with Crippen LogP contribution in [0, 0.1) is 0 Å². The number of benzene rings is 3. The first-order valence-corrected chi connectivity index (χ1v) is 9.86. The summed E-state index contributed by atoms with van der Waals surface area (Å²) < 4.78 is 17.5. The van der Waals surface area contributed by atoms with Gasteiger partial charge in [-0.05, 0) is 24.6 Å². The molecule has 2 aliphatic heterocycles. The Labute approximate surface area is 177 Å². The van der Waals surface area contributed by atoms with Crippen molar-refractivity contribution < 1.29 is 34.0 Å². The number of rotatable bonds is 3. The molecule has 3 aromatic carbocycles. The van der Waals surface area contributed by atoms with Crippen molar-refractivity contribution in [3.8, 4) is 28.7 Å². The lowest BCUT2D eigenvalue weighted by Crippen LogP contribution is -2.34. The highest BCUT2D eigenvalue weighted by Gasteiger charge is 2.55. The highest BCUT2D eigenvalue weighted by atomic mass is 16.6. The standard InChI is InChI=1S/C24H18O7/c1-2-5-21(27)30-20-12-14(26)11-19-22(20)24(17-9-8-13(25)10-18(17)29-19)16-7-4-3-6-15(16)23(28)31-24/h3-4,6-12,25-26H,2,5H2,1H3. The smallest absolute Gasteiger partial charge is 0.340 e. The summed E-state index contributed by atoms with van der Waals surface area (Å²) in [6.45, 7) is 1.85. The fourth-order valence-corrected chi connectivity index (χ4v) is 4.20. The number of hydrogen-bond donors (Lipinski definition) is 2. The molecule has 0 saturated carbocycles. The van der Waals surface area contributed by atoms with Crippen LogP contribution in [0.2, 0.25) is 0 Å². The molecule has 1 atom stereocenters. The summed E-state index contributed by atoms with van der Waals surface area (Å²) in [5, 5.41) is 20.3. The summed E-state index contributed by atoms with van der Waals surface area (Å²) in [5.74, 6) is -0.799. The lowest BCUT2D eigenvalue weighted by molar-refractivity contribution is -0.134. The van der Waals surface area contributed by atoms with E-state index in [1.165, 1.54) is 24.3 Å². The van der Waals surface area contributed by atoms with Gasteiger partial charge in [-0.25, -0.2) is 4.79 Å². The maximum absolute atomic E-state index is 12.9. The Hall–Kier alpha value is -4.00. The van der Waals surface area contributed by atoms with Crippen LogP contribution in [0.4, 0.5) is 0 Å². The fraction of sp³-hybridized carbons (Fsp3) is 0.167. The van der Waals surface area contributed by atoms with E-state index < -0.39 is 17.5 Å². The molecule has 2 heterocycles. The minimum atomic E-state index is -1.47. The van der Waals surface area contributed by atoms with Gasteiger partial charge in [-0.15, -0.1) is 0 Å². The molecule has 7 nitrogen and oxygen atoms in total. The van der Waals surface area contributed by atoms with Crippen LogP contribution in [0.3, 0.4) is 0 Å². The fourth-order valence-electron chi connectivity index (χ4n) is 4.20. The molecule has 0 amide bonds. The van der Waals surface area contributed by atoms with Crippen LogP contribution in [0.1, 0.15) is 46.8 Å². The summed E-state index contributed by atoms with van der Waals surface area (Å²) in [5.41, 5.74) is 0.212. The van der Waals surface area contributed by atoms with Gasteiger partial charge in [0.15, 0.2) is 5.60 Å². The predicted molar refractivity (Wildman–Crippen MR) is 109 cm³/mol. The zero-order valence-electron chi connectivity index (χ0n) is 16.5. The van der Waals surface area contributed by atoms with E-state index in [4.69, 9.17) is 14.2 Å². The molecule has 0 fully saturated rings. The molecule has 0 aromatic heterocycles. The highest BCUT2D eigenvalue weighted by Crippen LogP contribution is 2.59. The molecule has 1 unspecified atom stereocenters. The SMILES string of the molecule is CCCC(=O)Oc1cc(O)cc2c1C1(OC(=O)c3ccccc31)c1ccc(O)cc1O2. The van der Waals surface area contributed by atoms with Crippen molar-refractivity contribution in [2.24, 2.45) is 0 Å². The molecule has 31 heavy (non-hydrogen) atoms. The van der Waals surface area contributed by atoms with E-state index in [2.05, 4.69) is 0 Å². The molecule has 2 N–H and O–H groups in total. The monoisotopic (exact) mass is 418 g/mol. The van der Waals surface area contributed by atoms with Gasteiger partial charge < -0.3 is 24.4 Å². The lowest BCUT2D eigenvalue weighted by atomic mass is 9.77. The summed E-state index contributed by atoms with van der Waals surface area (Å²) >= 11 is 0. The molecular weight excluding hydrogens is 400 g/mol. The largest absolute Gasteiger partial charge is 0.508 e. The van der Waals surface area contributed by atoms with Crippen molar-refractivity contribution in [1.29, 1.82) is 0 Å². The van der Waals surface area contributed by atoms with E-state index in [0.29, 0.717) is 28.7 Å². The minimum Gasteiger partial charge on any atom is -0.508 e. The van der Waals surface area contributed by atoms with Crippen LogP contribution in [-0.4, -0.2) is 22.2 Å². The number of hydrogen-bond acceptors (Lipinski definition) is 7. The van der Waals surface area contributed by atoms with Gasteiger partial charge in [0, 0.05) is 35.7 Å². The van der Waals surface area contributed by atoms with Crippen molar-refractivity contribution in [2.45, 2.75) is 25.4 Å². The minimum absolute atomic E-state index is 0.0373. The van der Waals surface area contributed by atoms with Crippen molar-refractivity contribution in [3.63, 3.8) is 0 Å². The lowest BCUT2D eigenvalue weighted by Gasteiger charge is -2.37. The summed E-state index contributed by atoms with van der Waals surface area (Å²) in [4.78, 5) is 25.2. The molecule has 1 spiro atoms. The average molecular weight is 418 g/mol. The zero-order chi connectivity index (χ0) is 21.8. The number of carbonyl (C=O) groups is 2. The maximum atomic E-state index is 12.9. The summed E-state index contributed by atoms with van der Waals surface area (Å²) in [6.07, 6.45) is 0.764. The maximum Gasteiger partial charge on any atom is 0.340 e. The van der Waals surface area contributed by atoms with Crippen LogP contribution in [0.25, 0.3) is 0 Å². The van der Waals surface area contributed by atoms with Crippen molar-refractivity contribution >= 4 is 11.9 Å². The molecule has 0 radical (unpaired) electrons. The van der Waals surface area contributed by atoms with Crippen molar-refractivity contribution in [3.05, 3.63) is 76.9 Å². The second kappa shape index (κ2) is 6.77. The zero-order valence-corrected chi connectivity index (χ0v) is 16.5. The van der Waals surface area contributed by atoms with Crippen LogP contribution in [0.15, 0.2) is 54.6 Å². The summed E-state index contributed by atoms with van der Waals surface area (Å²) in [6, 6.07) is 14.1. The molecule has 0 saturated heterocycles. The van der Waals surface area contributed by atoms with Crippen LogP contribution in [0.5, 0.6) is 28.7 Å². The number of aromatic hydroxyl groups is 2. The third kappa shape index (κ3) is 2.73.